The van der Waals surface area contributed by atoms with Gasteiger partial charge in [0.15, 0.2) is 0 Å². The van der Waals surface area contributed by atoms with Crippen LogP contribution in [0.5, 0.6) is 5.88 Å². The molecule has 0 saturated heterocycles. The third-order valence-corrected chi connectivity index (χ3v) is 7.55. The number of urea groups is 1. The number of sulfonamides is 1. The number of benzene rings is 1. The number of hydrogen-bond acceptors (Lipinski definition) is 6. The Hall–Kier alpha value is -3.50. The molecule has 0 fully saturated rings. The molecule has 3 aromatic rings. The molecule has 2 amide bonds. The second-order valence-corrected chi connectivity index (χ2v) is 11.0. The van der Waals surface area contributed by atoms with E-state index in [0.717, 1.165) is 33.8 Å². The molecule has 1 aliphatic heterocycles. The number of pyridine rings is 2. The minimum Gasteiger partial charge on any atom is -0.481 e. The Morgan fingerprint density at radius 1 is 1.17 bits per heavy atom. The molecule has 1 aromatic carbocycles. The summed E-state index contributed by atoms with van der Waals surface area (Å²) in [7, 11) is -0.548. The fourth-order valence-corrected chi connectivity index (χ4v) is 4.87. The molecule has 0 unspecified atom stereocenters. The number of aryl methyl sites for hydroxylation is 1. The summed E-state index contributed by atoms with van der Waals surface area (Å²) in [5.41, 5.74) is 4.79. The molecule has 2 N–H and O–H groups in total. The van der Waals surface area contributed by atoms with E-state index in [9.17, 15) is 13.2 Å². The summed E-state index contributed by atoms with van der Waals surface area (Å²) in [6.07, 6.45) is 1.75. The smallest absolute Gasteiger partial charge is 0.322 e. The lowest BCUT2D eigenvalue weighted by Gasteiger charge is -2.20. The normalized spacial score (nSPS) is 14.5. The Labute approximate surface area is 205 Å². The predicted octanol–water partition coefficient (Wildman–Crippen LogP) is 3.38. The molecule has 0 radical (unpaired) electrons. The van der Waals surface area contributed by atoms with Gasteiger partial charge in [-0.2, -0.15) is 0 Å². The minimum absolute atomic E-state index is 0.175. The molecule has 0 saturated carbocycles. The Kier molecular flexibility index (Phi) is 6.52. The fourth-order valence-electron chi connectivity index (χ4n) is 4.14. The van der Waals surface area contributed by atoms with Crippen LogP contribution < -0.4 is 19.7 Å². The fraction of sp³-hybridized carbons (Fsp3) is 0.320. The van der Waals surface area contributed by atoms with E-state index in [0.29, 0.717) is 12.4 Å². The van der Waals surface area contributed by atoms with Crippen molar-refractivity contribution >= 4 is 21.7 Å². The number of rotatable bonds is 6. The zero-order chi connectivity index (χ0) is 25.4. The first-order valence-electron chi connectivity index (χ1n) is 11.2. The molecule has 2 aromatic heterocycles. The average molecular weight is 496 g/mol. The van der Waals surface area contributed by atoms with E-state index < -0.39 is 10.0 Å². The van der Waals surface area contributed by atoms with E-state index in [1.54, 1.807) is 30.3 Å². The first-order chi connectivity index (χ1) is 16.6. The van der Waals surface area contributed by atoms with Crippen LogP contribution >= 0.6 is 0 Å². The van der Waals surface area contributed by atoms with Gasteiger partial charge < -0.3 is 10.1 Å². The Balaban J connectivity index is 1.52. The van der Waals surface area contributed by atoms with E-state index in [2.05, 4.69) is 28.9 Å². The van der Waals surface area contributed by atoms with Gasteiger partial charge in [-0.3, -0.25) is 4.90 Å². The highest BCUT2D eigenvalue weighted by Crippen LogP contribution is 2.40. The lowest BCUT2D eigenvalue weighted by Crippen LogP contribution is -2.41. The topological polar surface area (TPSA) is 114 Å². The van der Waals surface area contributed by atoms with Crippen molar-refractivity contribution in [3.05, 3.63) is 65.5 Å². The molecule has 4 rings (SSSR count). The maximum absolute atomic E-state index is 13.1. The van der Waals surface area contributed by atoms with Crippen LogP contribution in [-0.2, 0) is 22.0 Å². The van der Waals surface area contributed by atoms with Crippen LogP contribution in [-0.4, -0.2) is 45.1 Å². The number of carbonyl (C=O) groups excluding carboxylic acids is 1. The summed E-state index contributed by atoms with van der Waals surface area (Å²) in [4.78, 5) is 24.2. The molecule has 9 nitrogen and oxygen atoms in total. The Morgan fingerprint density at radius 2 is 1.89 bits per heavy atom. The highest BCUT2D eigenvalue weighted by molar-refractivity contribution is 7.89. The van der Waals surface area contributed by atoms with E-state index >= 15 is 0 Å². The monoisotopic (exact) mass is 495 g/mol. The number of nitrogens with one attached hydrogen (secondary N) is 2. The molecule has 10 heteroatoms. The first kappa shape index (κ1) is 24.6. The molecule has 0 atom stereocenters. The molecule has 184 valence electrons. The summed E-state index contributed by atoms with van der Waals surface area (Å²) in [5.74, 6) is 0.550. The molecule has 1 aliphatic rings. The number of fused-ring (bicyclic) bond motifs is 1. The van der Waals surface area contributed by atoms with Crippen LogP contribution in [0.25, 0.3) is 11.3 Å². The summed E-state index contributed by atoms with van der Waals surface area (Å²) in [5, 5.41) is 2.93. The lowest BCUT2D eigenvalue weighted by atomic mass is 9.91. The van der Waals surface area contributed by atoms with Crippen molar-refractivity contribution < 1.29 is 17.9 Å². The van der Waals surface area contributed by atoms with E-state index in [1.165, 1.54) is 19.2 Å². The average Bonchev–Trinajstić information content (AvgIpc) is 3.12. The van der Waals surface area contributed by atoms with Gasteiger partial charge in [-0.15, -0.1) is 0 Å². The van der Waals surface area contributed by atoms with Crippen molar-refractivity contribution in [1.82, 2.24) is 20.0 Å². The zero-order valence-electron chi connectivity index (χ0n) is 20.4. The molecule has 35 heavy (non-hydrogen) atoms. The van der Waals surface area contributed by atoms with Crippen LogP contribution in [0, 0.1) is 6.92 Å². The summed E-state index contributed by atoms with van der Waals surface area (Å²) < 4.78 is 31.3. The molecule has 0 aliphatic carbocycles. The molecule has 3 heterocycles. The third-order valence-electron chi connectivity index (χ3n) is 6.12. The largest absolute Gasteiger partial charge is 0.481 e. The van der Waals surface area contributed by atoms with Gasteiger partial charge in [0.1, 0.15) is 0 Å². The molecular formula is C25H29N5O4S. The van der Waals surface area contributed by atoms with Crippen molar-refractivity contribution in [3.8, 4) is 17.1 Å². The number of amides is 2. The van der Waals surface area contributed by atoms with Crippen molar-refractivity contribution in [2.75, 3.05) is 25.6 Å². The number of carbonyl (C=O) groups is 1. The van der Waals surface area contributed by atoms with Crippen LogP contribution in [0.1, 0.15) is 30.7 Å². The number of aromatic nitrogens is 2. The van der Waals surface area contributed by atoms with Crippen LogP contribution in [0.3, 0.4) is 0 Å². The van der Waals surface area contributed by atoms with Gasteiger partial charge >= 0.3 is 6.03 Å². The van der Waals surface area contributed by atoms with Gasteiger partial charge in [-0.1, -0.05) is 26.0 Å². The van der Waals surface area contributed by atoms with Crippen LogP contribution in [0.15, 0.2) is 53.6 Å². The standard InChI is InChI=1S/C25H29N5O4S/c1-16-12-22(34-5)27-14-19(16)20-10-11-21-23(29-20)25(2,3)15-30(21)24(31)28-13-17-6-8-18(9-7-17)35(32,33)26-4/h6-12,14,26H,13,15H2,1-5H3,(H,28,31). The van der Waals surface area contributed by atoms with Gasteiger partial charge in [0.25, 0.3) is 0 Å². The number of methoxy groups -OCH3 is 1. The maximum Gasteiger partial charge on any atom is 0.322 e. The van der Waals surface area contributed by atoms with Crippen molar-refractivity contribution in [2.24, 2.45) is 0 Å². The molecule has 0 bridgehead atoms. The van der Waals surface area contributed by atoms with Crippen molar-refractivity contribution in [3.63, 3.8) is 0 Å². The second-order valence-electron chi connectivity index (χ2n) is 9.09. The maximum atomic E-state index is 13.1. The molecular weight excluding hydrogens is 466 g/mol. The molecule has 0 spiro atoms. The minimum atomic E-state index is -3.50. The predicted molar refractivity (Wildman–Crippen MR) is 134 cm³/mol. The van der Waals surface area contributed by atoms with Gasteiger partial charge in [0, 0.05) is 36.3 Å². The van der Waals surface area contributed by atoms with Gasteiger partial charge in [-0.25, -0.2) is 27.9 Å². The van der Waals surface area contributed by atoms with Gasteiger partial charge in [-0.05, 0) is 49.4 Å². The highest BCUT2D eigenvalue weighted by Gasteiger charge is 2.39. The quantitative estimate of drug-likeness (QED) is 0.542. The highest BCUT2D eigenvalue weighted by atomic mass is 32.2. The van der Waals surface area contributed by atoms with Crippen molar-refractivity contribution in [1.29, 1.82) is 0 Å². The number of nitrogens with zero attached hydrogens (tertiary/aromatic N) is 3. The summed E-state index contributed by atoms with van der Waals surface area (Å²) in [6.45, 7) is 6.88. The third kappa shape index (κ3) is 4.85. The second kappa shape index (κ2) is 9.27. The summed E-state index contributed by atoms with van der Waals surface area (Å²) >= 11 is 0. The van der Waals surface area contributed by atoms with E-state index in [1.807, 2.05) is 25.1 Å². The van der Waals surface area contributed by atoms with Crippen molar-refractivity contribution in [2.45, 2.75) is 37.6 Å². The summed E-state index contributed by atoms with van der Waals surface area (Å²) in [6, 6.07) is 11.9. The Morgan fingerprint density at radius 3 is 2.51 bits per heavy atom. The lowest BCUT2D eigenvalue weighted by molar-refractivity contribution is 0.245. The van der Waals surface area contributed by atoms with Crippen LogP contribution in [0.4, 0.5) is 10.5 Å². The van der Waals surface area contributed by atoms with Crippen LogP contribution in [0.2, 0.25) is 0 Å². The zero-order valence-corrected chi connectivity index (χ0v) is 21.2. The number of hydrogen-bond donors (Lipinski definition) is 2. The van der Waals surface area contributed by atoms with E-state index in [-0.39, 0.29) is 22.9 Å². The van der Waals surface area contributed by atoms with Gasteiger partial charge in [0.2, 0.25) is 15.9 Å². The van der Waals surface area contributed by atoms with Gasteiger partial charge in [0.05, 0.1) is 29.1 Å². The number of ether oxygens (including phenoxy) is 1. The van der Waals surface area contributed by atoms with E-state index in [4.69, 9.17) is 9.72 Å². The first-order valence-corrected chi connectivity index (χ1v) is 12.6. The Bertz CT molecular complexity index is 1370. The number of anilines is 1. The SMILES string of the molecule is CNS(=O)(=O)c1ccc(CNC(=O)N2CC(C)(C)c3nc(-c4cnc(OC)cc4C)ccc32)cc1.